The molecule has 0 saturated heterocycles. The topological polar surface area (TPSA) is 33.0 Å². The average molecular weight is 487 g/mol. The fourth-order valence-electron chi connectivity index (χ4n) is 2.47. The molecule has 3 aromatic carbocycles. The lowest BCUT2D eigenvalue weighted by atomic mass is 10.0. The van der Waals surface area contributed by atoms with Gasteiger partial charge in [-0.15, -0.1) is 0 Å². The van der Waals surface area contributed by atoms with E-state index in [1.165, 1.54) is 12.1 Å². The Kier molecular flexibility index (Phi) is 6.44. The molecule has 2 nitrogen and oxygen atoms in total. The van der Waals surface area contributed by atoms with Crippen molar-refractivity contribution >= 4 is 43.5 Å². The van der Waals surface area contributed by atoms with Gasteiger partial charge in [0.2, 0.25) is 0 Å². The van der Waals surface area contributed by atoms with E-state index in [4.69, 9.17) is 4.74 Å². The quantitative estimate of drug-likeness (QED) is 0.287. The Bertz CT molecular complexity index is 1010. The number of halogens is 3. The fourth-order valence-corrected chi connectivity index (χ4v) is 3.11. The van der Waals surface area contributed by atoms with Crippen LogP contribution in [0.5, 0.6) is 5.75 Å². The van der Waals surface area contributed by atoms with Crippen LogP contribution < -0.4 is 4.74 Å². The van der Waals surface area contributed by atoms with Crippen molar-refractivity contribution in [3.63, 3.8) is 0 Å². The molecule has 134 valence electrons. The summed E-state index contributed by atoms with van der Waals surface area (Å²) in [5, 5.41) is 9.59. The normalized spacial score (nSPS) is 11.1. The monoisotopic (exact) mass is 485 g/mol. The molecule has 0 amide bonds. The molecule has 0 heterocycles. The molecular formula is C22H14Br2FNO. The summed E-state index contributed by atoms with van der Waals surface area (Å²) in [5.41, 5.74) is 3.01. The van der Waals surface area contributed by atoms with E-state index in [2.05, 4.69) is 37.9 Å². The summed E-state index contributed by atoms with van der Waals surface area (Å²) in [6, 6.07) is 21.6. The lowest BCUT2D eigenvalue weighted by Gasteiger charge is -2.11. The van der Waals surface area contributed by atoms with Crippen LogP contribution >= 0.6 is 31.9 Å². The van der Waals surface area contributed by atoms with Gasteiger partial charge in [-0.2, -0.15) is 5.26 Å². The van der Waals surface area contributed by atoms with E-state index in [-0.39, 0.29) is 5.82 Å². The number of rotatable bonds is 5. The molecule has 0 atom stereocenters. The third-order valence-electron chi connectivity index (χ3n) is 3.85. The van der Waals surface area contributed by atoms with Crippen molar-refractivity contribution in [1.82, 2.24) is 0 Å². The predicted octanol–water partition coefficient (Wildman–Crippen LogP) is 6.99. The minimum Gasteiger partial charge on any atom is -0.488 e. The molecule has 3 rings (SSSR count). The summed E-state index contributed by atoms with van der Waals surface area (Å²) in [6.45, 7) is 0.308. The second-order valence-corrected chi connectivity index (χ2v) is 7.61. The largest absolute Gasteiger partial charge is 0.488 e. The predicted molar refractivity (Wildman–Crippen MR) is 112 cm³/mol. The van der Waals surface area contributed by atoms with Gasteiger partial charge < -0.3 is 4.74 Å². The Balaban J connectivity index is 1.89. The van der Waals surface area contributed by atoms with Gasteiger partial charge >= 0.3 is 0 Å². The maximum atomic E-state index is 13.0. The van der Waals surface area contributed by atoms with Gasteiger partial charge in [0.15, 0.2) is 0 Å². The first-order valence-electron chi connectivity index (χ1n) is 8.10. The SMILES string of the molecule is N#C/C(=C\c1cc(Br)ccc1OCc1ccc(F)cc1)c1ccc(Br)cc1. The average Bonchev–Trinajstić information content (AvgIpc) is 2.67. The van der Waals surface area contributed by atoms with E-state index in [1.54, 1.807) is 18.2 Å². The summed E-state index contributed by atoms with van der Waals surface area (Å²) >= 11 is 6.86. The number of hydrogen-bond donors (Lipinski definition) is 0. The molecule has 0 aliphatic heterocycles. The van der Waals surface area contributed by atoms with Crippen molar-refractivity contribution in [1.29, 1.82) is 5.26 Å². The fraction of sp³-hybridized carbons (Fsp3) is 0.0455. The summed E-state index contributed by atoms with van der Waals surface area (Å²) < 4.78 is 20.8. The number of nitrogens with zero attached hydrogens (tertiary/aromatic N) is 1. The smallest absolute Gasteiger partial charge is 0.127 e. The van der Waals surface area contributed by atoms with E-state index < -0.39 is 0 Å². The number of benzene rings is 3. The van der Waals surface area contributed by atoms with Gasteiger partial charge in [-0.1, -0.05) is 56.1 Å². The van der Waals surface area contributed by atoms with Crippen molar-refractivity contribution in [2.75, 3.05) is 0 Å². The molecule has 0 aliphatic carbocycles. The van der Waals surface area contributed by atoms with Crippen molar-refractivity contribution < 1.29 is 9.13 Å². The molecule has 0 bridgehead atoms. The van der Waals surface area contributed by atoms with E-state index in [0.29, 0.717) is 17.9 Å². The summed E-state index contributed by atoms with van der Waals surface area (Å²) in [4.78, 5) is 0. The van der Waals surface area contributed by atoms with Crippen molar-refractivity contribution in [3.8, 4) is 11.8 Å². The molecule has 0 spiro atoms. The molecular weight excluding hydrogens is 473 g/mol. The summed E-state index contributed by atoms with van der Waals surface area (Å²) in [6.07, 6.45) is 1.80. The van der Waals surface area contributed by atoms with Gasteiger partial charge in [0.1, 0.15) is 18.2 Å². The van der Waals surface area contributed by atoms with Crippen molar-refractivity contribution in [3.05, 3.63) is 98.2 Å². The Morgan fingerprint density at radius 3 is 2.30 bits per heavy atom. The van der Waals surface area contributed by atoms with Crippen LogP contribution in [0.3, 0.4) is 0 Å². The van der Waals surface area contributed by atoms with Crippen LogP contribution in [0.2, 0.25) is 0 Å². The van der Waals surface area contributed by atoms with Crippen LogP contribution in [0.15, 0.2) is 75.7 Å². The zero-order valence-electron chi connectivity index (χ0n) is 14.1. The summed E-state index contributed by atoms with van der Waals surface area (Å²) in [5.74, 6) is 0.367. The maximum Gasteiger partial charge on any atom is 0.127 e. The number of allylic oxidation sites excluding steroid dienone is 1. The molecule has 0 saturated carbocycles. The number of nitriles is 1. The maximum absolute atomic E-state index is 13.0. The van der Waals surface area contributed by atoms with Gasteiger partial charge in [0, 0.05) is 14.5 Å². The van der Waals surface area contributed by atoms with Gasteiger partial charge in [0.25, 0.3) is 0 Å². The third-order valence-corrected chi connectivity index (χ3v) is 4.88. The Hall–Kier alpha value is -2.42. The van der Waals surface area contributed by atoms with Crippen LogP contribution in [0.25, 0.3) is 11.6 Å². The zero-order valence-corrected chi connectivity index (χ0v) is 17.3. The van der Waals surface area contributed by atoms with Crippen LogP contribution in [-0.4, -0.2) is 0 Å². The first-order chi connectivity index (χ1) is 13.0. The standard InChI is InChI=1S/C22H14Br2FNO/c23-19-5-3-16(4-6-19)18(13-26)11-17-12-20(24)7-10-22(17)27-14-15-1-8-21(25)9-2-15/h1-12H,14H2/b18-11+. The second-order valence-electron chi connectivity index (χ2n) is 5.77. The lowest BCUT2D eigenvalue weighted by molar-refractivity contribution is 0.305. The van der Waals surface area contributed by atoms with Gasteiger partial charge in [-0.05, 0) is 59.7 Å². The highest BCUT2D eigenvalue weighted by Gasteiger charge is 2.07. The highest BCUT2D eigenvalue weighted by Crippen LogP contribution is 2.29. The van der Waals surface area contributed by atoms with Crippen molar-refractivity contribution in [2.45, 2.75) is 6.61 Å². The molecule has 0 aliphatic rings. The molecule has 0 unspecified atom stereocenters. The van der Waals surface area contributed by atoms with Crippen molar-refractivity contribution in [2.24, 2.45) is 0 Å². The third kappa shape index (κ3) is 5.29. The minimum atomic E-state index is -0.279. The number of ether oxygens (including phenoxy) is 1. The van der Waals surface area contributed by atoms with Crippen LogP contribution in [0.1, 0.15) is 16.7 Å². The number of hydrogen-bond acceptors (Lipinski definition) is 2. The molecule has 5 heteroatoms. The van der Waals surface area contributed by atoms with E-state index >= 15 is 0 Å². The van der Waals surface area contributed by atoms with E-state index in [9.17, 15) is 9.65 Å². The molecule has 3 aromatic rings. The van der Waals surface area contributed by atoms with Crippen LogP contribution in [0.4, 0.5) is 4.39 Å². The molecule has 27 heavy (non-hydrogen) atoms. The van der Waals surface area contributed by atoms with Gasteiger partial charge in [-0.3, -0.25) is 0 Å². The highest BCUT2D eigenvalue weighted by molar-refractivity contribution is 9.10. The highest BCUT2D eigenvalue weighted by atomic mass is 79.9. The van der Waals surface area contributed by atoms with E-state index in [0.717, 1.165) is 25.6 Å². The zero-order chi connectivity index (χ0) is 19.2. The minimum absolute atomic E-state index is 0.279. The molecule has 0 N–H and O–H groups in total. The second kappa shape index (κ2) is 8.98. The van der Waals surface area contributed by atoms with Crippen LogP contribution in [0, 0.1) is 17.1 Å². The Morgan fingerprint density at radius 1 is 0.963 bits per heavy atom. The van der Waals surface area contributed by atoms with Gasteiger partial charge in [-0.25, -0.2) is 4.39 Å². The van der Waals surface area contributed by atoms with E-state index in [1.807, 2.05) is 42.5 Å². The Labute approximate surface area is 174 Å². The first kappa shape index (κ1) is 19.3. The van der Waals surface area contributed by atoms with Gasteiger partial charge in [0.05, 0.1) is 11.6 Å². The first-order valence-corrected chi connectivity index (χ1v) is 9.68. The summed E-state index contributed by atoms with van der Waals surface area (Å²) in [7, 11) is 0. The lowest BCUT2D eigenvalue weighted by Crippen LogP contribution is -1.97. The molecule has 0 aromatic heterocycles. The van der Waals surface area contributed by atoms with Crippen LogP contribution in [-0.2, 0) is 6.61 Å². The molecule has 0 radical (unpaired) electrons. The Morgan fingerprint density at radius 2 is 1.63 bits per heavy atom. The molecule has 0 fully saturated rings.